The summed E-state index contributed by atoms with van der Waals surface area (Å²) in [6.45, 7) is 1.17. The van der Waals surface area contributed by atoms with E-state index in [1.165, 1.54) is 0 Å². The standard InChI is InChI=1S/C18H16O4/c1-20-16-6-11-5-15(19)12-4-3-10-8-22-9-14(10)18(12)13(11)7-17(16)21-2/h3-4,6-7H,5,8-9H2,1-2H3. The number of carbonyl (C=O) groups excluding carboxylic acids is 1. The van der Waals surface area contributed by atoms with Gasteiger partial charge in [0.05, 0.1) is 27.4 Å². The smallest absolute Gasteiger partial charge is 0.167 e. The number of hydrogen-bond acceptors (Lipinski definition) is 4. The highest BCUT2D eigenvalue weighted by Crippen LogP contribution is 2.44. The Kier molecular flexibility index (Phi) is 2.94. The van der Waals surface area contributed by atoms with E-state index in [9.17, 15) is 4.79 Å². The van der Waals surface area contributed by atoms with Crippen molar-refractivity contribution in [3.05, 3.63) is 46.5 Å². The monoisotopic (exact) mass is 296 g/mol. The van der Waals surface area contributed by atoms with E-state index in [1.807, 2.05) is 24.3 Å². The van der Waals surface area contributed by atoms with E-state index in [2.05, 4.69) is 0 Å². The summed E-state index contributed by atoms with van der Waals surface area (Å²) in [5.74, 6) is 1.48. The third-order valence-electron chi connectivity index (χ3n) is 4.44. The normalized spacial score (nSPS) is 15.1. The van der Waals surface area contributed by atoms with Crippen LogP contribution >= 0.6 is 0 Å². The van der Waals surface area contributed by atoms with Crippen molar-refractivity contribution in [1.82, 2.24) is 0 Å². The molecule has 2 aromatic carbocycles. The first kappa shape index (κ1) is 13.3. The van der Waals surface area contributed by atoms with Gasteiger partial charge in [0.1, 0.15) is 0 Å². The van der Waals surface area contributed by atoms with Gasteiger partial charge < -0.3 is 14.2 Å². The number of benzene rings is 2. The molecule has 0 N–H and O–H groups in total. The number of Topliss-reactive ketones (excluding diaryl/α,β-unsaturated/α-hetero) is 1. The second-order valence-electron chi connectivity index (χ2n) is 5.58. The molecule has 112 valence electrons. The van der Waals surface area contributed by atoms with E-state index in [0.717, 1.165) is 33.4 Å². The van der Waals surface area contributed by atoms with Crippen LogP contribution in [0.2, 0.25) is 0 Å². The van der Waals surface area contributed by atoms with Crippen LogP contribution in [0.5, 0.6) is 11.5 Å². The Hall–Kier alpha value is -2.33. The van der Waals surface area contributed by atoms with Gasteiger partial charge in [-0.15, -0.1) is 0 Å². The fourth-order valence-electron chi connectivity index (χ4n) is 3.36. The van der Waals surface area contributed by atoms with Crippen LogP contribution in [0.15, 0.2) is 24.3 Å². The molecule has 0 aromatic heterocycles. The minimum absolute atomic E-state index is 0.143. The highest BCUT2D eigenvalue weighted by Gasteiger charge is 2.29. The van der Waals surface area contributed by atoms with E-state index in [1.54, 1.807) is 14.2 Å². The summed E-state index contributed by atoms with van der Waals surface area (Å²) in [5, 5.41) is 0. The minimum atomic E-state index is 0.143. The van der Waals surface area contributed by atoms with Crippen molar-refractivity contribution in [2.75, 3.05) is 14.2 Å². The largest absolute Gasteiger partial charge is 0.493 e. The molecule has 4 heteroatoms. The Morgan fingerprint density at radius 2 is 1.73 bits per heavy atom. The lowest BCUT2D eigenvalue weighted by Gasteiger charge is -2.23. The van der Waals surface area contributed by atoms with E-state index in [4.69, 9.17) is 14.2 Å². The highest BCUT2D eigenvalue weighted by atomic mass is 16.5. The van der Waals surface area contributed by atoms with Crippen LogP contribution < -0.4 is 9.47 Å². The molecule has 0 atom stereocenters. The Balaban J connectivity index is 2.02. The summed E-state index contributed by atoms with van der Waals surface area (Å²) >= 11 is 0. The second-order valence-corrected chi connectivity index (χ2v) is 5.58. The van der Waals surface area contributed by atoms with Gasteiger partial charge in [-0.05, 0) is 39.9 Å². The maximum atomic E-state index is 12.5. The first-order valence-electron chi connectivity index (χ1n) is 7.24. The minimum Gasteiger partial charge on any atom is -0.493 e. The van der Waals surface area contributed by atoms with Crippen molar-refractivity contribution >= 4 is 5.78 Å². The quantitative estimate of drug-likeness (QED) is 0.854. The summed E-state index contributed by atoms with van der Waals surface area (Å²) in [4.78, 5) is 12.5. The molecule has 0 radical (unpaired) electrons. The molecule has 0 unspecified atom stereocenters. The average Bonchev–Trinajstić information content (AvgIpc) is 3.02. The molecule has 0 spiro atoms. The molecule has 0 bridgehead atoms. The third kappa shape index (κ3) is 1.77. The van der Waals surface area contributed by atoms with Crippen LogP contribution in [-0.4, -0.2) is 20.0 Å². The summed E-state index contributed by atoms with van der Waals surface area (Å²) in [6.07, 6.45) is 0.391. The van der Waals surface area contributed by atoms with Crippen molar-refractivity contribution in [1.29, 1.82) is 0 Å². The predicted molar refractivity (Wildman–Crippen MR) is 81.5 cm³/mol. The summed E-state index contributed by atoms with van der Waals surface area (Å²) in [6, 6.07) is 7.80. The van der Waals surface area contributed by atoms with Crippen molar-refractivity contribution in [3.8, 4) is 22.6 Å². The zero-order chi connectivity index (χ0) is 15.3. The molecular formula is C18H16O4. The second kappa shape index (κ2) is 4.85. The molecule has 4 nitrogen and oxygen atoms in total. The Labute approximate surface area is 128 Å². The van der Waals surface area contributed by atoms with Crippen LogP contribution in [0.4, 0.5) is 0 Å². The van der Waals surface area contributed by atoms with Crippen LogP contribution in [0, 0.1) is 0 Å². The van der Waals surface area contributed by atoms with Gasteiger partial charge in [-0.3, -0.25) is 4.79 Å². The zero-order valence-corrected chi connectivity index (χ0v) is 12.6. The fourth-order valence-corrected chi connectivity index (χ4v) is 3.36. The Bertz CT molecular complexity index is 792. The van der Waals surface area contributed by atoms with Gasteiger partial charge in [-0.1, -0.05) is 12.1 Å². The molecule has 1 aliphatic carbocycles. The maximum Gasteiger partial charge on any atom is 0.167 e. The SMILES string of the molecule is COc1cc2c(cc1OC)-c1c(ccc3c1COC3)C(=O)C2. The van der Waals surface area contributed by atoms with Crippen molar-refractivity contribution in [2.24, 2.45) is 0 Å². The summed E-state index contributed by atoms with van der Waals surface area (Å²) in [5.41, 5.74) is 6.10. The molecule has 0 fully saturated rings. The lowest BCUT2D eigenvalue weighted by molar-refractivity contribution is 0.0991. The summed E-state index contributed by atoms with van der Waals surface area (Å²) < 4.78 is 16.3. The van der Waals surface area contributed by atoms with Gasteiger partial charge in [-0.2, -0.15) is 0 Å². The first-order valence-corrected chi connectivity index (χ1v) is 7.24. The molecule has 1 heterocycles. The lowest BCUT2D eigenvalue weighted by atomic mass is 9.81. The highest BCUT2D eigenvalue weighted by molar-refractivity contribution is 6.08. The predicted octanol–water partition coefficient (Wildman–Crippen LogP) is 3.14. The molecular weight excluding hydrogens is 280 g/mol. The average molecular weight is 296 g/mol. The van der Waals surface area contributed by atoms with Crippen LogP contribution in [0.25, 0.3) is 11.1 Å². The zero-order valence-electron chi connectivity index (χ0n) is 12.6. The molecule has 1 aliphatic heterocycles. The van der Waals surface area contributed by atoms with Crippen molar-refractivity contribution in [3.63, 3.8) is 0 Å². The number of carbonyl (C=O) groups is 1. The van der Waals surface area contributed by atoms with Gasteiger partial charge >= 0.3 is 0 Å². The van der Waals surface area contributed by atoms with E-state index in [0.29, 0.717) is 31.1 Å². The lowest BCUT2D eigenvalue weighted by Crippen LogP contribution is -2.14. The van der Waals surface area contributed by atoms with Gasteiger partial charge in [0, 0.05) is 12.0 Å². The van der Waals surface area contributed by atoms with Gasteiger partial charge in [-0.25, -0.2) is 0 Å². The molecule has 2 aliphatic rings. The topological polar surface area (TPSA) is 44.8 Å². The van der Waals surface area contributed by atoms with E-state index < -0.39 is 0 Å². The number of fused-ring (bicyclic) bond motifs is 5. The van der Waals surface area contributed by atoms with Crippen molar-refractivity contribution in [2.45, 2.75) is 19.6 Å². The number of rotatable bonds is 2. The Morgan fingerprint density at radius 1 is 0.955 bits per heavy atom. The number of hydrogen-bond donors (Lipinski definition) is 0. The summed E-state index contributed by atoms with van der Waals surface area (Å²) in [7, 11) is 3.23. The van der Waals surface area contributed by atoms with Crippen molar-refractivity contribution < 1.29 is 19.0 Å². The number of methoxy groups -OCH3 is 2. The van der Waals surface area contributed by atoms with Crippen LogP contribution in [0.1, 0.15) is 27.0 Å². The molecule has 2 aromatic rings. The molecule has 4 rings (SSSR count). The number of ether oxygens (including phenoxy) is 3. The van der Waals surface area contributed by atoms with Crippen LogP contribution in [0.3, 0.4) is 0 Å². The van der Waals surface area contributed by atoms with E-state index in [-0.39, 0.29) is 5.78 Å². The van der Waals surface area contributed by atoms with Gasteiger partial charge in [0.15, 0.2) is 17.3 Å². The van der Waals surface area contributed by atoms with Gasteiger partial charge in [0.25, 0.3) is 0 Å². The van der Waals surface area contributed by atoms with Gasteiger partial charge in [0.2, 0.25) is 0 Å². The fraction of sp³-hybridized carbons (Fsp3) is 0.278. The maximum absolute atomic E-state index is 12.5. The van der Waals surface area contributed by atoms with E-state index >= 15 is 0 Å². The number of ketones is 1. The third-order valence-corrected chi connectivity index (χ3v) is 4.44. The Morgan fingerprint density at radius 3 is 2.50 bits per heavy atom. The molecule has 22 heavy (non-hydrogen) atoms. The first-order chi connectivity index (χ1) is 10.7. The molecule has 0 amide bonds. The van der Waals surface area contributed by atoms with Crippen LogP contribution in [-0.2, 0) is 24.4 Å². The molecule has 0 saturated carbocycles. The molecule has 0 saturated heterocycles.